The van der Waals surface area contributed by atoms with Gasteiger partial charge in [0.2, 0.25) is 0 Å². The molecule has 0 aromatic heterocycles. The summed E-state index contributed by atoms with van der Waals surface area (Å²) in [6.07, 6.45) is 0. The average Bonchev–Trinajstić information content (AvgIpc) is 2.72. The van der Waals surface area contributed by atoms with E-state index in [0.29, 0.717) is 23.4 Å². The number of nitrogens with zero attached hydrogens (tertiary/aromatic N) is 1. The smallest absolute Gasteiger partial charge is 0.340 e. The maximum atomic E-state index is 12.6. The molecule has 4 rings (SSSR count). The average molecular weight is 370 g/mol. The quantitative estimate of drug-likeness (QED) is 0.724. The summed E-state index contributed by atoms with van der Waals surface area (Å²) in [4.78, 5) is 26.8. The van der Waals surface area contributed by atoms with Crippen molar-refractivity contribution in [2.45, 2.75) is 0 Å². The van der Waals surface area contributed by atoms with Crippen LogP contribution in [-0.4, -0.2) is 29.9 Å². The lowest BCUT2D eigenvalue weighted by atomic mass is 9.99. The van der Waals surface area contributed by atoms with E-state index in [1.165, 1.54) is 0 Å². The Morgan fingerprint density at radius 2 is 1.65 bits per heavy atom. The predicted molar refractivity (Wildman–Crippen MR) is 89.4 cm³/mol. The SMILES string of the molecule is O=C1OCCN2C(=O)c3ccccc3C2=C1c1ccc(Br)cc1. The molecule has 0 atom stereocenters. The number of carbonyl (C=O) groups is 2. The first-order chi connectivity index (χ1) is 11.2. The van der Waals surface area contributed by atoms with Crippen LogP contribution >= 0.6 is 15.9 Å². The van der Waals surface area contributed by atoms with E-state index in [2.05, 4.69) is 15.9 Å². The van der Waals surface area contributed by atoms with Crippen LogP contribution < -0.4 is 0 Å². The number of ether oxygens (including phenoxy) is 1. The minimum atomic E-state index is -0.394. The molecule has 114 valence electrons. The van der Waals surface area contributed by atoms with Crippen LogP contribution in [-0.2, 0) is 9.53 Å². The second-order valence-electron chi connectivity index (χ2n) is 5.37. The summed E-state index contributed by atoms with van der Waals surface area (Å²) >= 11 is 3.39. The van der Waals surface area contributed by atoms with Crippen molar-refractivity contribution < 1.29 is 14.3 Å². The minimum Gasteiger partial charge on any atom is -0.460 e. The molecule has 1 amide bonds. The highest BCUT2D eigenvalue weighted by Crippen LogP contribution is 2.39. The van der Waals surface area contributed by atoms with Gasteiger partial charge in [0, 0.05) is 15.6 Å². The summed E-state index contributed by atoms with van der Waals surface area (Å²) in [5.41, 5.74) is 3.24. The van der Waals surface area contributed by atoms with Gasteiger partial charge >= 0.3 is 5.97 Å². The molecular weight excluding hydrogens is 358 g/mol. The van der Waals surface area contributed by atoms with Crippen molar-refractivity contribution in [1.29, 1.82) is 0 Å². The number of rotatable bonds is 1. The molecule has 0 saturated heterocycles. The van der Waals surface area contributed by atoms with Crippen LogP contribution in [0.5, 0.6) is 0 Å². The summed E-state index contributed by atoms with van der Waals surface area (Å²) in [7, 11) is 0. The molecule has 0 unspecified atom stereocenters. The van der Waals surface area contributed by atoms with Crippen LogP contribution in [0.3, 0.4) is 0 Å². The van der Waals surface area contributed by atoms with Gasteiger partial charge in [0.1, 0.15) is 6.61 Å². The highest BCUT2D eigenvalue weighted by atomic mass is 79.9. The molecule has 0 radical (unpaired) electrons. The zero-order chi connectivity index (χ0) is 16.0. The van der Waals surface area contributed by atoms with Crippen LogP contribution in [0.25, 0.3) is 11.3 Å². The van der Waals surface area contributed by atoms with Gasteiger partial charge in [-0.05, 0) is 23.8 Å². The lowest BCUT2D eigenvalue weighted by molar-refractivity contribution is -0.136. The summed E-state index contributed by atoms with van der Waals surface area (Å²) in [5, 5.41) is 0. The Bertz CT molecular complexity index is 855. The van der Waals surface area contributed by atoms with Gasteiger partial charge < -0.3 is 9.64 Å². The molecule has 2 aliphatic rings. The van der Waals surface area contributed by atoms with Gasteiger partial charge in [0.05, 0.1) is 17.8 Å². The third kappa shape index (κ3) is 2.19. The second kappa shape index (κ2) is 5.35. The van der Waals surface area contributed by atoms with E-state index in [1.54, 1.807) is 11.0 Å². The summed E-state index contributed by atoms with van der Waals surface area (Å²) in [6, 6.07) is 14.8. The molecule has 0 N–H and O–H groups in total. The van der Waals surface area contributed by atoms with Crippen molar-refractivity contribution in [3.8, 4) is 0 Å². The number of halogens is 1. The van der Waals surface area contributed by atoms with Gasteiger partial charge in [0.25, 0.3) is 5.91 Å². The van der Waals surface area contributed by atoms with Crippen molar-refractivity contribution >= 4 is 39.1 Å². The molecule has 23 heavy (non-hydrogen) atoms. The number of benzene rings is 2. The molecule has 0 bridgehead atoms. The number of carbonyl (C=O) groups excluding carboxylic acids is 2. The molecule has 2 aromatic rings. The van der Waals surface area contributed by atoms with E-state index in [0.717, 1.165) is 15.6 Å². The van der Waals surface area contributed by atoms with Gasteiger partial charge in [-0.25, -0.2) is 4.79 Å². The minimum absolute atomic E-state index is 0.0801. The molecule has 2 aromatic carbocycles. The van der Waals surface area contributed by atoms with E-state index >= 15 is 0 Å². The van der Waals surface area contributed by atoms with Gasteiger partial charge in [0.15, 0.2) is 0 Å². The fourth-order valence-electron chi connectivity index (χ4n) is 3.02. The summed E-state index contributed by atoms with van der Waals surface area (Å²) in [5.74, 6) is -0.474. The van der Waals surface area contributed by atoms with E-state index in [9.17, 15) is 9.59 Å². The number of amides is 1. The van der Waals surface area contributed by atoms with Gasteiger partial charge in [-0.3, -0.25) is 4.79 Å². The Hall–Kier alpha value is -2.40. The standard InChI is InChI=1S/C18H12BrNO3/c19-12-7-5-11(6-8-12)15-16-13-3-1-2-4-14(13)17(21)20(16)9-10-23-18(15)22/h1-8H,9-10H2. The highest BCUT2D eigenvalue weighted by molar-refractivity contribution is 9.10. The first-order valence-corrected chi connectivity index (χ1v) is 8.05. The summed E-state index contributed by atoms with van der Waals surface area (Å²) < 4.78 is 6.22. The topological polar surface area (TPSA) is 46.6 Å². The van der Waals surface area contributed by atoms with E-state index < -0.39 is 5.97 Å². The normalized spacial score (nSPS) is 16.8. The van der Waals surface area contributed by atoms with Crippen LogP contribution in [0.4, 0.5) is 0 Å². The number of fused-ring (bicyclic) bond motifs is 3. The maximum Gasteiger partial charge on any atom is 0.340 e. The zero-order valence-electron chi connectivity index (χ0n) is 12.1. The van der Waals surface area contributed by atoms with Gasteiger partial charge in [-0.15, -0.1) is 0 Å². The van der Waals surface area contributed by atoms with E-state index in [1.807, 2.05) is 42.5 Å². The van der Waals surface area contributed by atoms with E-state index in [4.69, 9.17) is 4.74 Å². The molecule has 4 nitrogen and oxygen atoms in total. The second-order valence-corrected chi connectivity index (χ2v) is 6.28. The molecular formula is C18H12BrNO3. The number of hydrogen-bond donors (Lipinski definition) is 0. The Balaban J connectivity index is 2.02. The molecule has 0 aliphatic carbocycles. The fourth-order valence-corrected chi connectivity index (χ4v) is 3.29. The van der Waals surface area contributed by atoms with Crippen LogP contribution in [0.15, 0.2) is 53.0 Å². The Morgan fingerprint density at radius 1 is 0.957 bits per heavy atom. The predicted octanol–water partition coefficient (Wildman–Crippen LogP) is 3.33. The molecule has 5 heteroatoms. The van der Waals surface area contributed by atoms with E-state index in [-0.39, 0.29) is 12.5 Å². The van der Waals surface area contributed by atoms with Gasteiger partial charge in [-0.1, -0.05) is 46.3 Å². The first-order valence-electron chi connectivity index (χ1n) is 7.25. The van der Waals surface area contributed by atoms with Crippen molar-refractivity contribution in [3.63, 3.8) is 0 Å². The van der Waals surface area contributed by atoms with Gasteiger partial charge in [-0.2, -0.15) is 0 Å². The monoisotopic (exact) mass is 369 g/mol. The molecule has 0 fully saturated rings. The van der Waals surface area contributed by atoms with Crippen LogP contribution in [0, 0.1) is 0 Å². The van der Waals surface area contributed by atoms with Crippen molar-refractivity contribution in [2.75, 3.05) is 13.2 Å². The van der Waals surface area contributed by atoms with Crippen molar-refractivity contribution in [2.24, 2.45) is 0 Å². The number of hydrogen-bond acceptors (Lipinski definition) is 3. The Labute approximate surface area is 141 Å². The Morgan fingerprint density at radius 3 is 2.39 bits per heavy atom. The Kier molecular flexibility index (Phi) is 3.31. The molecule has 0 saturated carbocycles. The van der Waals surface area contributed by atoms with Crippen molar-refractivity contribution in [1.82, 2.24) is 4.90 Å². The highest BCUT2D eigenvalue weighted by Gasteiger charge is 2.38. The first kappa shape index (κ1) is 14.2. The maximum absolute atomic E-state index is 12.6. The molecule has 2 aliphatic heterocycles. The fraction of sp³-hybridized carbons (Fsp3) is 0.111. The van der Waals surface area contributed by atoms with Crippen LogP contribution in [0.2, 0.25) is 0 Å². The lowest BCUT2D eigenvalue weighted by Crippen LogP contribution is -2.25. The zero-order valence-corrected chi connectivity index (χ0v) is 13.7. The van der Waals surface area contributed by atoms with Crippen LogP contribution in [0.1, 0.15) is 21.5 Å². The molecule has 2 heterocycles. The largest absolute Gasteiger partial charge is 0.460 e. The lowest BCUT2D eigenvalue weighted by Gasteiger charge is -2.16. The number of esters is 1. The third-order valence-corrected chi connectivity index (χ3v) is 4.58. The third-order valence-electron chi connectivity index (χ3n) is 4.05. The number of cyclic esters (lactones) is 1. The van der Waals surface area contributed by atoms with Crippen molar-refractivity contribution in [3.05, 3.63) is 69.7 Å². The molecule has 0 spiro atoms. The summed E-state index contributed by atoms with van der Waals surface area (Å²) in [6.45, 7) is 0.566.